The van der Waals surface area contributed by atoms with Crippen LogP contribution in [0.1, 0.15) is 0 Å². The molecular weight excluding hydrogens is 376 g/mol. The molecule has 0 saturated heterocycles. The largest absolute Gasteiger partial charge is 0.368 e. The topological polar surface area (TPSA) is 134 Å². The molecule has 0 unspecified atom stereocenters. The zero-order chi connectivity index (χ0) is 17.9. The van der Waals surface area contributed by atoms with Crippen molar-refractivity contribution in [3.05, 3.63) is 23.2 Å². The minimum absolute atomic E-state index is 0.0374. The maximum atomic E-state index is 12.2. The van der Waals surface area contributed by atoms with Crippen molar-refractivity contribution in [2.24, 2.45) is 0 Å². The fourth-order valence-corrected chi connectivity index (χ4v) is 3.62. The maximum absolute atomic E-state index is 12.2. The average Bonchev–Trinajstić information content (AvgIpc) is 2.92. The molecule has 2 aromatic rings. The summed E-state index contributed by atoms with van der Waals surface area (Å²) in [6.45, 7) is 0. The lowest BCUT2D eigenvalue weighted by atomic mass is 10.3. The highest BCUT2D eigenvalue weighted by Gasteiger charge is 2.21. The number of hydrogen-bond acceptors (Lipinski definition) is 7. The van der Waals surface area contributed by atoms with Crippen molar-refractivity contribution in [3.8, 4) is 0 Å². The number of sulfonamides is 1. The van der Waals surface area contributed by atoms with Crippen LogP contribution in [0, 0.1) is 0 Å². The van der Waals surface area contributed by atoms with Gasteiger partial charge in [0.05, 0.1) is 10.8 Å². The number of nitrogens with one attached hydrogen (secondary N) is 2. The predicted octanol–water partition coefficient (Wildman–Crippen LogP) is 1.02. The predicted molar refractivity (Wildman–Crippen MR) is 92.5 cm³/mol. The van der Waals surface area contributed by atoms with E-state index in [-0.39, 0.29) is 27.5 Å². The van der Waals surface area contributed by atoms with E-state index in [0.29, 0.717) is 10.8 Å². The van der Waals surface area contributed by atoms with Crippen LogP contribution in [0.4, 0.5) is 11.6 Å². The maximum Gasteiger partial charge on any atom is 0.244 e. The standard InChI is InChI=1S/C12H15ClN6O3S2/c1-19(2)24(21,22)9-5-7(3-4-8(9)13)15-10(20)6-23-12-16-11(14)17-18-12/h3-5H,6H2,1-2H3,(H,15,20)(H3,14,16,17,18). The van der Waals surface area contributed by atoms with Crippen molar-refractivity contribution < 1.29 is 13.2 Å². The van der Waals surface area contributed by atoms with Gasteiger partial charge in [-0.1, -0.05) is 23.4 Å². The van der Waals surface area contributed by atoms with E-state index in [1.165, 1.54) is 32.3 Å². The summed E-state index contributed by atoms with van der Waals surface area (Å²) in [4.78, 5) is 15.7. The molecule has 0 aliphatic rings. The number of amides is 1. The summed E-state index contributed by atoms with van der Waals surface area (Å²) in [5.74, 6) is -0.150. The Morgan fingerprint density at radius 2 is 2.17 bits per heavy atom. The zero-order valence-corrected chi connectivity index (χ0v) is 15.2. The summed E-state index contributed by atoms with van der Waals surface area (Å²) in [6, 6.07) is 4.24. The van der Waals surface area contributed by atoms with Gasteiger partial charge in [0.1, 0.15) is 4.90 Å². The molecule has 0 radical (unpaired) electrons. The van der Waals surface area contributed by atoms with Crippen LogP contribution in [-0.4, -0.2) is 53.7 Å². The Labute approximate surface area is 148 Å². The lowest BCUT2D eigenvalue weighted by molar-refractivity contribution is -0.113. The zero-order valence-electron chi connectivity index (χ0n) is 12.8. The molecule has 12 heteroatoms. The number of thioether (sulfide) groups is 1. The minimum Gasteiger partial charge on any atom is -0.368 e. The summed E-state index contributed by atoms with van der Waals surface area (Å²) in [7, 11) is -0.914. The molecule has 2 rings (SSSR count). The second kappa shape index (κ2) is 7.38. The van der Waals surface area contributed by atoms with Crippen molar-refractivity contribution in [2.45, 2.75) is 10.1 Å². The molecular formula is C12H15ClN6O3S2. The van der Waals surface area contributed by atoms with Gasteiger partial charge in [-0.3, -0.25) is 4.79 Å². The molecule has 1 aromatic carbocycles. The smallest absolute Gasteiger partial charge is 0.244 e. The molecule has 0 aliphatic heterocycles. The molecule has 0 saturated carbocycles. The number of nitrogens with two attached hydrogens (primary N) is 1. The van der Waals surface area contributed by atoms with Crippen LogP contribution in [0.5, 0.6) is 0 Å². The number of aromatic amines is 1. The number of halogens is 1. The van der Waals surface area contributed by atoms with Gasteiger partial charge in [-0.15, -0.1) is 5.10 Å². The van der Waals surface area contributed by atoms with Crippen molar-refractivity contribution >= 4 is 50.9 Å². The highest BCUT2D eigenvalue weighted by Crippen LogP contribution is 2.27. The van der Waals surface area contributed by atoms with Gasteiger partial charge in [0.15, 0.2) is 0 Å². The van der Waals surface area contributed by atoms with Gasteiger partial charge in [0.2, 0.25) is 27.0 Å². The van der Waals surface area contributed by atoms with Gasteiger partial charge < -0.3 is 11.1 Å². The molecule has 0 fully saturated rings. The molecule has 1 aromatic heterocycles. The van der Waals surface area contributed by atoms with Crippen molar-refractivity contribution in [3.63, 3.8) is 0 Å². The van der Waals surface area contributed by atoms with Gasteiger partial charge in [0.25, 0.3) is 0 Å². The number of carbonyl (C=O) groups excluding carboxylic acids is 1. The molecule has 1 heterocycles. The molecule has 0 spiro atoms. The first-order chi connectivity index (χ1) is 11.2. The van der Waals surface area contributed by atoms with E-state index in [1.54, 1.807) is 0 Å². The number of nitrogen functional groups attached to an aromatic ring is 1. The van der Waals surface area contributed by atoms with Crippen molar-refractivity contribution in [1.82, 2.24) is 19.5 Å². The van der Waals surface area contributed by atoms with Gasteiger partial charge in [0, 0.05) is 19.8 Å². The van der Waals surface area contributed by atoms with Crippen LogP contribution in [0.2, 0.25) is 5.02 Å². The number of carbonyl (C=O) groups is 1. The first-order valence-electron chi connectivity index (χ1n) is 6.53. The highest BCUT2D eigenvalue weighted by molar-refractivity contribution is 7.99. The lowest BCUT2D eigenvalue weighted by Crippen LogP contribution is -2.23. The van der Waals surface area contributed by atoms with E-state index in [9.17, 15) is 13.2 Å². The molecule has 130 valence electrons. The average molecular weight is 391 g/mol. The molecule has 9 nitrogen and oxygen atoms in total. The monoisotopic (exact) mass is 390 g/mol. The molecule has 0 atom stereocenters. The first-order valence-corrected chi connectivity index (χ1v) is 9.33. The third-order valence-corrected chi connectivity index (χ3v) is 5.93. The van der Waals surface area contributed by atoms with E-state index in [0.717, 1.165) is 16.1 Å². The lowest BCUT2D eigenvalue weighted by Gasteiger charge is -2.14. The van der Waals surface area contributed by atoms with Crippen molar-refractivity contribution in [1.29, 1.82) is 0 Å². The molecule has 0 aliphatic carbocycles. The number of rotatable bonds is 6. The Morgan fingerprint density at radius 3 is 2.75 bits per heavy atom. The Kier molecular flexibility index (Phi) is 5.70. The quantitative estimate of drug-likeness (QED) is 0.627. The second-order valence-electron chi connectivity index (χ2n) is 4.77. The van der Waals surface area contributed by atoms with E-state index in [1.807, 2.05) is 0 Å². The summed E-state index contributed by atoms with van der Waals surface area (Å²) < 4.78 is 25.4. The van der Waals surface area contributed by atoms with E-state index in [4.69, 9.17) is 17.3 Å². The summed E-state index contributed by atoms with van der Waals surface area (Å²) in [5, 5.41) is 9.27. The number of benzene rings is 1. The highest BCUT2D eigenvalue weighted by atomic mass is 35.5. The van der Waals surface area contributed by atoms with Gasteiger partial charge in [-0.05, 0) is 18.2 Å². The van der Waals surface area contributed by atoms with Crippen LogP contribution in [0.3, 0.4) is 0 Å². The van der Waals surface area contributed by atoms with Crippen LogP contribution in [-0.2, 0) is 14.8 Å². The van der Waals surface area contributed by atoms with Crippen LogP contribution in [0.15, 0.2) is 28.3 Å². The molecule has 0 bridgehead atoms. The molecule has 1 amide bonds. The van der Waals surface area contributed by atoms with E-state index in [2.05, 4.69) is 20.5 Å². The fourth-order valence-electron chi connectivity index (χ4n) is 1.63. The summed E-state index contributed by atoms with van der Waals surface area (Å²) >= 11 is 7.04. The summed E-state index contributed by atoms with van der Waals surface area (Å²) in [5.41, 5.74) is 5.71. The fraction of sp³-hybridized carbons (Fsp3) is 0.250. The van der Waals surface area contributed by atoms with E-state index < -0.39 is 10.0 Å². The SMILES string of the molecule is CN(C)S(=O)(=O)c1cc(NC(=O)CSc2n[nH]c(N)n2)ccc1Cl. The third kappa shape index (κ3) is 4.38. The number of anilines is 2. The van der Waals surface area contributed by atoms with Gasteiger partial charge in [-0.25, -0.2) is 17.8 Å². The molecule has 24 heavy (non-hydrogen) atoms. The van der Waals surface area contributed by atoms with Crippen LogP contribution in [0.25, 0.3) is 0 Å². The van der Waals surface area contributed by atoms with Gasteiger partial charge >= 0.3 is 0 Å². The molecule has 4 N–H and O–H groups in total. The Balaban J connectivity index is 2.08. The normalized spacial score (nSPS) is 11.7. The third-order valence-electron chi connectivity index (χ3n) is 2.79. The Bertz CT molecular complexity index is 852. The van der Waals surface area contributed by atoms with Gasteiger partial charge in [-0.2, -0.15) is 4.98 Å². The van der Waals surface area contributed by atoms with E-state index >= 15 is 0 Å². The number of aromatic nitrogens is 3. The van der Waals surface area contributed by atoms with Crippen LogP contribution >= 0.6 is 23.4 Å². The Hall–Kier alpha value is -1.82. The first kappa shape index (κ1) is 18.5. The number of nitrogens with zero attached hydrogens (tertiary/aromatic N) is 3. The van der Waals surface area contributed by atoms with Crippen LogP contribution < -0.4 is 11.1 Å². The number of hydrogen-bond donors (Lipinski definition) is 3. The number of H-pyrrole nitrogens is 1. The summed E-state index contributed by atoms with van der Waals surface area (Å²) in [6.07, 6.45) is 0. The van der Waals surface area contributed by atoms with Crippen molar-refractivity contribution in [2.75, 3.05) is 30.9 Å². The minimum atomic E-state index is -3.71. The second-order valence-corrected chi connectivity index (χ2v) is 8.24. The Morgan fingerprint density at radius 1 is 1.46 bits per heavy atom.